The lowest BCUT2D eigenvalue weighted by Gasteiger charge is -2.21. The minimum absolute atomic E-state index is 0.110. The highest BCUT2D eigenvalue weighted by Gasteiger charge is 2.21. The Morgan fingerprint density at radius 2 is 2.29 bits per heavy atom. The normalized spacial score (nSPS) is 14.1. The lowest BCUT2D eigenvalue weighted by molar-refractivity contribution is -0.120. The van der Waals surface area contributed by atoms with Crippen LogP contribution in [0, 0.1) is 0 Å². The number of nitrogens with one attached hydrogen (secondary N) is 1. The maximum Gasteiger partial charge on any atom is 0.408 e. The first-order valence-electron chi connectivity index (χ1n) is 4.72. The van der Waals surface area contributed by atoms with Gasteiger partial charge in [-0.2, -0.15) is 0 Å². The van der Waals surface area contributed by atoms with Crippen LogP contribution in [-0.4, -0.2) is 35.4 Å². The van der Waals surface area contributed by atoms with Crippen molar-refractivity contribution in [2.75, 3.05) is 6.61 Å². The Balaban J connectivity index is 4.19. The minimum Gasteiger partial charge on any atom is -0.444 e. The maximum atomic E-state index is 11.2. The Bertz CT molecular complexity index is 245. The van der Waals surface area contributed by atoms with Gasteiger partial charge in [0.2, 0.25) is 5.91 Å². The molecule has 0 aromatic heterocycles. The molecule has 4 N–H and O–H groups in total. The SMILES string of the molecule is [2H]CC(C)(C)OC(=O)N[C@@H](CO)C(N)=O. The number of carbonyl (C=O) groups is 2. The summed E-state index contributed by atoms with van der Waals surface area (Å²) in [5.41, 5.74) is 3.94. The summed E-state index contributed by atoms with van der Waals surface area (Å²) < 4.78 is 11.9. The van der Waals surface area contributed by atoms with Crippen molar-refractivity contribution in [2.24, 2.45) is 5.73 Å². The van der Waals surface area contributed by atoms with E-state index in [0.717, 1.165) is 0 Å². The van der Waals surface area contributed by atoms with Gasteiger partial charge in [0.25, 0.3) is 0 Å². The van der Waals surface area contributed by atoms with E-state index in [9.17, 15) is 9.59 Å². The molecule has 0 aromatic rings. The topological polar surface area (TPSA) is 102 Å². The average molecular weight is 205 g/mol. The molecule has 0 bridgehead atoms. The van der Waals surface area contributed by atoms with Crippen molar-refractivity contribution in [3.05, 3.63) is 0 Å². The van der Waals surface area contributed by atoms with E-state index in [1.807, 2.05) is 0 Å². The van der Waals surface area contributed by atoms with Crippen molar-refractivity contribution >= 4 is 12.0 Å². The van der Waals surface area contributed by atoms with Crippen LogP contribution in [0.2, 0.25) is 0 Å². The molecule has 0 rings (SSSR count). The predicted octanol–water partition coefficient (Wildman–Crippen LogP) is -0.643. The second-order valence-corrected chi connectivity index (χ2v) is 3.43. The molecule has 14 heavy (non-hydrogen) atoms. The maximum absolute atomic E-state index is 11.2. The second kappa shape index (κ2) is 4.80. The van der Waals surface area contributed by atoms with Crippen molar-refractivity contribution in [3.8, 4) is 0 Å². The summed E-state index contributed by atoms with van der Waals surface area (Å²) in [5, 5.41) is 10.8. The van der Waals surface area contributed by atoms with Crippen LogP contribution in [-0.2, 0) is 9.53 Å². The van der Waals surface area contributed by atoms with Gasteiger partial charge in [0.05, 0.1) is 6.61 Å². The van der Waals surface area contributed by atoms with E-state index in [1.165, 1.54) is 0 Å². The number of alkyl carbamates (subject to hydrolysis) is 1. The molecule has 6 heteroatoms. The van der Waals surface area contributed by atoms with Gasteiger partial charge in [-0.05, 0) is 20.7 Å². The fraction of sp³-hybridized carbons (Fsp3) is 0.750. The summed E-state index contributed by atoms with van der Waals surface area (Å²) in [6.45, 7) is 2.40. The molecule has 0 radical (unpaired) electrons. The van der Waals surface area contributed by atoms with Gasteiger partial charge >= 0.3 is 6.09 Å². The Kier molecular flexibility index (Phi) is 3.70. The summed E-state index contributed by atoms with van der Waals surface area (Å²) >= 11 is 0. The van der Waals surface area contributed by atoms with Gasteiger partial charge in [-0.25, -0.2) is 4.79 Å². The number of primary amides is 1. The summed E-state index contributed by atoms with van der Waals surface area (Å²) in [6, 6.07) is -1.17. The highest BCUT2D eigenvalue weighted by atomic mass is 16.6. The molecule has 2 amide bonds. The van der Waals surface area contributed by atoms with Crippen LogP contribution in [0.3, 0.4) is 0 Å². The zero-order chi connectivity index (χ0) is 12.1. The Morgan fingerprint density at radius 3 is 2.64 bits per heavy atom. The Labute approximate surface area is 83.8 Å². The van der Waals surface area contributed by atoms with Gasteiger partial charge in [-0.15, -0.1) is 0 Å². The summed E-state index contributed by atoms with van der Waals surface area (Å²) in [7, 11) is 0. The quantitative estimate of drug-likeness (QED) is 0.570. The van der Waals surface area contributed by atoms with Crippen molar-refractivity contribution in [3.63, 3.8) is 0 Å². The molecule has 0 aromatic carbocycles. The van der Waals surface area contributed by atoms with Crippen LogP contribution in [0.1, 0.15) is 22.1 Å². The molecule has 0 saturated carbocycles. The monoisotopic (exact) mass is 205 g/mol. The zero-order valence-corrected chi connectivity index (χ0v) is 8.24. The highest BCUT2D eigenvalue weighted by molar-refractivity contribution is 5.84. The molecule has 0 saturated heterocycles. The van der Waals surface area contributed by atoms with Crippen molar-refractivity contribution < 1.29 is 20.8 Å². The fourth-order valence-electron chi connectivity index (χ4n) is 0.629. The number of amides is 2. The van der Waals surface area contributed by atoms with Crippen LogP contribution in [0.25, 0.3) is 0 Å². The lowest BCUT2D eigenvalue weighted by atomic mass is 10.2. The van der Waals surface area contributed by atoms with Gasteiger partial charge < -0.3 is 20.9 Å². The zero-order valence-electron chi connectivity index (χ0n) is 9.24. The Hall–Kier alpha value is -1.30. The molecule has 0 spiro atoms. The molecular formula is C8H16N2O4. The van der Waals surface area contributed by atoms with Crippen LogP contribution >= 0.6 is 0 Å². The summed E-state index contributed by atoms with van der Waals surface area (Å²) in [4.78, 5) is 21.8. The smallest absolute Gasteiger partial charge is 0.408 e. The molecule has 0 fully saturated rings. The fourth-order valence-corrected chi connectivity index (χ4v) is 0.629. The molecule has 0 aliphatic rings. The number of rotatable bonds is 3. The largest absolute Gasteiger partial charge is 0.444 e. The van der Waals surface area contributed by atoms with Gasteiger partial charge in [0.1, 0.15) is 11.6 Å². The van der Waals surface area contributed by atoms with E-state index in [4.69, 9.17) is 16.9 Å². The van der Waals surface area contributed by atoms with Gasteiger partial charge in [-0.1, -0.05) is 0 Å². The molecular weight excluding hydrogens is 188 g/mol. The first-order valence-corrected chi connectivity index (χ1v) is 4.01. The highest BCUT2D eigenvalue weighted by Crippen LogP contribution is 2.06. The Morgan fingerprint density at radius 1 is 1.71 bits per heavy atom. The van der Waals surface area contributed by atoms with Crippen molar-refractivity contribution in [1.82, 2.24) is 5.32 Å². The van der Waals surface area contributed by atoms with Crippen LogP contribution < -0.4 is 11.1 Å². The molecule has 0 aliphatic carbocycles. The summed E-state index contributed by atoms with van der Waals surface area (Å²) in [5.74, 6) is -0.849. The lowest BCUT2D eigenvalue weighted by Crippen LogP contribution is -2.48. The van der Waals surface area contributed by atoms with E-state index >= 15 is 0 Å². The molecule has 1 atom stereocenters. The number of aliphatic hydroxyl groups excluding tert-OH is 1. The first-order chi connectivity index (χ1) is 6.82. The molecule has 82 valence electrons. The number of hydrogen-bond acceptors (Lipinski definition) is 4. The second-order valence-electron chi connectivity index (χ2n) is 3.43. The van der Waals surface area contributed by atoms with E-state index in [0.29, 0.717) is 0 Å². The van der Waals surface area contributed by atoms with Gasteiger partial charge in [-0.3, -0.25) is 4.79 Å². The number of nitrogens with two attached hydrogens (primary N) is 1. The summed E-state index contributed by atoms with van der Waals surface area (Å²) in [6.07, 6.45) is -0.884. The number of aliphatic hydroxyl groups is 1. The molecule has 0 unspecified atom stereocenters. The number of hydrogen-bond donors (Lipinski definition) is 3. The third-order valence-corrected chi connectivity index (χ3v) is 1.19. The van der Waals surface area contributed by atoms with E-state index in [-0.39, 0.29) is 6.90 Å². The predicted molar refractivity (Wildman–Crippen MR) is 49.4 cm³/mol. The van der Waals surface area contributed by atoms with E-state index in [2.05, 4.69) is 5.32 Å². The number of carbonyl (C=O) groups excluding carboxylic acids is 2. The van der Waals surface area contributed by atoms with E-state index < -0.39 is 30.3 Å². The minimum atomic E-state index is -1.17. The third-order valence-electron chi connectivity index (χ3n) is 1.19. The van der Waals surface area contributed by atoms with Gasteiger partial charge in [0, 0.05) is 1.37 Å². The standard InChI is InChI=1S/C8H16N2O4/c1-8(2,3)14-7(13)10-5(4-11)6(9)12/h5,11H,4H2,1-3H3,(H2,9,12)(H,10,13)/t5-/m0/s1/i1D. The van der Waals surface area contributed by atoms with E-state index in [1.54, 1.807) is 13.8 Å². The van der Waals surface area contributed by atoms with Crippen molar-refractivity contribution in [1.29, 1.82) is 0 Å². The van der Waals surface area contributed by atoms with Crippen LogP contribution in [0.4, 0.5) is 4.79 Å². The third kappa shape index (κ3) is 5.36. The van der Waals surface area contributed by atoms with Crippen LogP contribution in [0.5, 0.6) is 0 Å². The van der Waals surface area contributed by atoms with Crippen LogP contribution in [0.15, 0.2) is 0 Å². The first kappa shape index (κ1) is 10.8. The average Bonchev–Trinajstić information content (AvgIpc) is 2.13. The van der Waals surface area contributed by atoms with Gasteiger partial charge in [0.15, 0.2) is 0 Å². The molecule has 6 nitrogen and oxygen atoms in total. The number of ether oxygens (including phenoxy) is 1. The molecule has 0 aliphatic heterocycles. The molecule has 0 heterocycles. The van der Waals surface area contributed by atoms with Crippen molar-refractivity contribution in [2.45, 2.75) is 32.4 Å².